The summed E-state index contributed by atoms with van der Waals surface area (Å²) >= 11 is 0. The number of nitrogens with zero attached hydrogens (tertiary/aromatic N) is 2. The number of carbonyl (C=O) groups excluding carboxylic acids is 1. The highest BCUT2D eigenvalue weighted by Gasteiger charge is 2.24. The zero-order valence-electron chi connectivity index (χ0n) is 13.5. The molecular formula is C17H26FN3O. The Bertz CT molecular complexity index is 469. The maximum atomic E-state index is 12.8. The predicted molar refractivity (Wildman–Crippen MR) is 86.3 cm³/mol. The second-order valence-electron chi connectivity index (χ2n) is 5.81. The minimum Gasteiger partial charge on any atom is -0.354 e. The fraction of sp³-hybridized carbons (Fsp3) is 0.588. The van der Waals surface area contributed by atoms with E-state index in [-0.39, 0.29) is 17.8 Å². The van der Waals surface area contributed by atoms with E-state index in [1.165, 1.54) is 12.1 Å². The number of amides is 1. The molecule has 1 aromatic carbocycles. The molecule has 1 aliphatic heterocycles. The lowest BCUT2D eigenvalue weighted by atomic mass is 10.1. The van der Waals surface area contributed by atoms with Gasteiger partial charge in [0.05, 0.1) is 6.04 Å². The second-order valence-corrected chi connectivity index (χ2v) is 5.81. The maximum Gasteiger partial charge on any atom is 0.237 e. The molecule has 0 aromatic heterocycles. The molecule has 0 spiro atoms. The second kappa shape index (κ2) is 8.25. The van der Waals surface area contributed by atoms with Crippen LogP contribution in [0.15, 0.2) is 24.3 Å². The van der Waals surface area contributed by atoms with Gasteiger partial charge in [-0.1, -0.05) is 19.1 Å². The quantitative estimate of drug-likeness (QED) is 0.865. The molecular weight excluding hydrogens is 281 g/mol. The normalized spacial score (nSPS) is 18.1. The van der Waals surface area contributed by atoms with Crippen LogP contribution in [0.3, 0.4) is 0 Å². The summed E-state index contributed by atoms with van der Waals surface area (Å²) in [4.78, 5) is 16.8. The van der Waals surface area contributed by atoms with Crippen LogP contribution in [-0.4, -0.2) is 61.0 Å². The van der Waals surface area contributed by atoms with Gasteiger partial charge in [-0.05, 0) is 37.6 Å². The average Bonchev–Trinajstić information content (AvgIpc) is 2.56. The van der Waals surface area contributed by atoms with E-state index >= 15 is 0 Å². The van der Waals surface area contributed by atoms with Crippen molar-refractivity contribution in [3.05, 3.63) is 35.6 Å². The van der Waals surface area contributed by atoms with Crippen LogP contribution in [0, 0.1) is 5.82 Å². The summed E-state index contributed by atoms with van der Waals surface area (Å²) in [5, 5.41) is 2.98. The van der Waals surface area contributed by atoms with Gasteiger partial charge in [-0.25, -0.2) is 4.39 Å². The van der Waals surface area contributed by atoms with Crippen molar-refractivity contribution in [1.82, 2.24) is 15.1 Å². The Balaban J connectivity index is 1.71. The lowest BCUT2D eigenvalue weighted by Crippen LogP contribution is -2.53. The highest BCUT2D eigenvalue weighted by molar-refractivity contribution is 5.81. The number of piperazine rings is 1. The Hall–Kier alpha value is -1.46. The third kappa shape index (κ3) is 4.78. The van der Waals surface area contributed by atoms with Crippen LogP contribution in [0.4, 0.5) is 4.39 Å². The first-order valence-electron chi connectivity index (χ1n) is 8.08. The first-order chi connectivity index (χ1) is 10.6. The van der Waals surface area contributed by atoms with Crippen molar-refractivity contribution in [1.29, 1.82) is 0 Å². The standard InChI is InChI=1S/C17H26FN3O/c1-3-20-10-12-21(13-11-20)14(2)17(22)19-9-8-15-4-6-16(18)7-5-15/h4-7,14H,3,8-13H2,1-2H3,(H,19,22). The van der Waals surface area contributed by atoms with Crippen molar-refractivity contribution in [2.24, 2.45) is 0 Å². The van der Waals surface area contributed by atoms with Gasteiger partial charge < -0.3 is 10.2 Å². The van der Waals surface area contributed by atoms with Gasteiger partial charge in [0.2, 0.25) is 5.91 Å². The van der Waals surface area contributed by atoms with E-state index in [1.807, 2.05) is 6.92 Å². The number of halogens is 1. The average molecular weight is 307 g/mol. The van der Waals surface area contributed by atoms with E-state index in [1.54, 1.807) is 12.1 Å². The molecule has 122 valence electrons. The first kappa shape index (κ1) is 16.9. The summed E-state index contributed by atoms with van der Waals surface area (Å²) in [5.41, 5.74) is 1.03. The van der Waals surface area contributed by atoms with E-state index in [2.05, 4.69) is 22.0 Å². The van der Waals surface area contributed by atoms with E-state index in [0.717, 1.165) is 44.7 Å². The fourth-order valence-corrected chi connectivity index (χ4v) is 2.76. The van der Waals surface area contributed by atoms with Crippen molar-refractivity contribution in [2.75, 3.05) is 39.3 Å². The molecule has 1 aliphatic rings. The largest absolute Gasteiger partial charge is 0.354 e. The van der Waals surface area contributed by atoms with E-state index in [4.69, 9.17) is 0 Å². The summed E-state index contributed by atoms with van der Waals surface area (Å²) in [6.07, 6.45) is 0.725. The Kier molecular flexibility index (Phi) is 6.34. The highest BCUT2D eigenvalue weighted by atomic mass is 19.1. The number of carbonyl (C=O) groups is 1. The highest BCUT2D eigenvalue weighted by Crippen LogP contribution is 2.07. The molecule has 1 fully saturated rings. The molecule has 1 heterocycles. The molecule has 1 atom stereocenters. The van der Waals surface area contributed by atoms with Crippen LogP contribution in [0.1, 0.15) is 19.4 Å². The molecule has 1 aromatic rings. The van der Waals surface area contributed by atoms with E-state index < -0.39 is 0 Å². The molecule has 0 bridgehead atoms. The first-order valence-corrected chi connectivity index (χ1v) is 8.08. The number of rotatable bonds is 6. The fourth-order valence-electron chi connectivity index (χ4n) is 2.76. The van der Waals surface area contributed by atoms with Gasteiger partial charge in [0.25, 0.3) is 0 Å². The van der Waals surface area contributed by atoms with Gasteiger partial charge in [0.1, 0.15) is 5.82 Å². The number of hydrogen-bond donors (Lipinski definition) is 1. The molecule has 0 saturated carbocycles. The minimum absolute atomic E-state index is 0.0760. The topological polar surface area (TPSA) is 35.6 Å². The molecule has 2 rings (SSSR count). The van der Waals surface area contributed by atoms with Crippen LogP contribution in [0.5, 0.6) is 0 Å². The van der Waals surface area contributed by atoms with Crippen molar-refractivity contribution >= 4 is 5.91 Å². The number of benzene rings is 1. The molecule has 1 N–H and O–H groups in total. The molecule has 1 unspecified atom stereocenters. The zero-order valence-corrected chi connectivity index (χ0v) is 13.5. The van der Waals surface area contributed by atoms with Gasteiger partial charge in [0.15, 0.2) is 0 Å². The predicted octanol–water partition coefficient (Wildman–Crippen LogP) is 1.51. The molecule has 4 nitrogen and oxygen atoms in total. The van der Waals surface area contributed by atoms with Crippen LogP contribution in [0.2, 0.25) is 0 Å². The van der Waals surface area contributed by atoms with Crippen molar-refractivity contribution in [3.63, 3.8) is 0 Å². The maximum absolute atomic E-state index is 12.8. The monoisotopic (exact) mass is 307 g/mol. The Morgan fingerprint density at radius 3 is 2.45 bits per heavy atom. The van der Waals surface area contributed by atoms with Gasteiger partial charge in [-0.15, -0.1) is 0 Å². The Morgan fingerprint density at radius 1 is 1.23 bits per heavy atom. The molecule has 0 aliphatic carbocycles. The molecule has 5 heteroatoms. The summed E-state index contributed by atoms with van der Waals surface area (Å²) < 4.78 is 12.8. The van der Waals surface area contributed by atoms with Gasteiger partial charge in [0, 0.05) is 32.7 Å². The zero-order chi connectivity index (χ0) is 15.9. The van der Waals surface area contributed by atoms with E-state index in [9.17, 15) is 9.18 Å². The molecule has 0 radical (unpaired) electrons. The lowest BCUT2D eigenvalue weighted by Gasteiger charge is -2.36. The number of likely N-dealkylation sites (N-methyl/N-ethyl adjacent to an activating group) is 1. The third-order valence-electron chi connectivity index (χ3n) is 4.41. The summed E-state index contributed by atoms with van der Waals surface area (Å²) in [6.45, 7) is 9.75. The SMILES string of the molecule is CCN1CCN(C(C)C(=O)NCCc2ccc(F)cc2)CC1. The lowest BCUT2D eigenvalue weighted by molar-refractivity contribution is -0.126. The minimum atomic E-state index is -0.229. The van der Waals surface area contributed by atoms with Gasteiger partial charge in [-0.3, -0.25) is 9.69 Å². The summed E-state index contributed by atoms with van der Waals surface area (Å²) in [6, 6.07) is 6.33. The van der Waals surface area contributed by atoms with Crippen molar-refractivity contribution in [3.8, 4) is 0 Å². The smallest absolute Gasteiger partial charge is 0.237 e. The number of nitrogens with one attached hydrogen (secondary N) is 1. The molecule has 22 heavy (non-hydrogen) atoms. The van der Waals surface area contributed by atoms with E-state index in [0.29, 0.717) is 6.54 Å². The summed E-state index contributed by atoms with van der Waals surface area (Å²) in [5.74, 6) is -0.153. The van der Waals surface area contributed by atoms with Crippen LogP contribution in [0.25, 0.3) is 0 Å². The van der Waals surface area contributed by atoms with Crippen molar-refractivity contribution in [2.45, 2.75) is 26.3 Å². The molecule has 1 saturated heterocycles. The molecule has 1 amide bonds. The van der Waals surface area contributed by atoms with Gasteiger partial charge >= 0.3 is 0 Å². The summed E-state index contributed by atoms with van der Waals surface area (Å²) in [7, 11) is 0. The van der Waals surface area contributed by atoms with Crippen LogP contribution in [-0.2, 0) is 11.2 Å². The van der Waals surface area contributed by atoms with Crippen LogP contribution >= 0.6 is 0 Å². The third-order valence-corrected chi connectivity index (χ3v) is 4.41. The Labute approximate surface area is 132 Å². The Morgan fingerprint density at radius 2 is 1.86 bits per heavy atom. The van der Waals surface area contributed by atoms with Crippen LogP contribution < -0.4 is 5.32 Å². The van der Waals surface area contributed by atoms with Crippen molar-refractivity contribution < 1.29 is 9.18 Å². The van der Waals surface area contributed by atoms with Gasteiger partial charge in [-0.2, -0.15) is 0 Å². The number of hydrogen-bond acceptors (Lipinski definition) is 3.